The molecule has 1 fully saturated rings. The number of carbonyl (C=O) groups excluding carboxylic acids is 1. The van der Waals surface area contributed by atoms with Crippen molar-refractivity contribution in [3.8, 4) is 0 Å². The summed E-state index contributed by atoms with van der Waals surface area (Å²) in [5.41, 5.74) is -0.203. The van der Waals surface area contributed by atoms with E-state index in [1.165, 1.54) is 25.7 Å². The molecule has 0 radical (unpaired) electrons. The van der Waals surface area contributed by atoms with Gasteiger partial charge in [0.05, 0.1) is 5.41 Å². The zero-order valence-electron chi connectivity index (χ0n) is 11.9. The van der Waals surface area contributed by atoms with E-state index in [2.05, 4.69) is 20.8 Å². The monoisotopic (exact) mass is 256 g/mol. The molecule has 0 aromatic rings. The van der Waals surface area contributed by atoms with E-state index in [0.717, 1.165) is 25.2 Å². The van der Waals surface area contributed by atoms with Gasteiger partial charge in [0.25, 0.3) is 5.97 Å². The molecule has 0 N–H and O–H groups in total. The molecule has 0 heterocycles. The second-order valence-electron chi connectivity index (χ2n) is 5.41. The zero-order valence-corrected chi connectivity index (χ0v) is 13.9. The van der Waals surface area contributed by atoms with Gasteiger partial charge in [-0.05, 0) is 24.7 Å². The van der Waals surface area contributed by atoms with Crippen LogP contribution in [0.25, 0.3) is 0 Å². The molecule has 0 bridgehead atoms. The molecule has 1 aliphatic rings. The van der Waals surface area contributed by atoms with Gasteiger partial charge in [-0.3, -0.25) is 4.79 Å². The van der Waals surface area contributed by atoms with Gasteiger partial charge in [0.1, 0.15) is 0 Å². The normalized spacial score (nSPS) is 19.5. The van der Waals surface area contributed by atoms with Crippen LogP contribution in [0, 0.1) is 17.3 Å². The summed E-state index contributed by atoms with van der Waals surface area (Å²) in [5.74, 6) is 1.36. The summed E-state index contributed by atoms with van der Waals surface area (Å²) in [4.78, 5) is 12.3. The lowest BCUT2D eigenvalue weighted by molar-refractivity contribution is -0.152. The van der Waals surface area contributed by atoms with Crippen molar-refractivity contribution in [3.63, 3.8) is 0 Å². The van der Waals surface area contributed by atoms with Crippen molar-refractivity contribution in [1.29, 1.82) is 0 Å². The SMILES string of the molecule is CCC(C1CCCC1)C(CC)(CC)C(=O)O[SiH3]. The van der Waals surface area contributed by atoms with Crippen molar-refractivity contribution in [1.82, 2.24) is 0 Å². The fourth-order valence-corrected chi connectivity index (χ4v) is 4.36. The van der Waals surface area contributed by atoms with E-state index in [0.29, 0.717) is 16.4 Å². The number of rotatable bonds is 6. The fourth-order valence-electron chi connectivity index (χ4n) is 3.95. The summed E-state index contributed by atoms with van der Waals surface area (Å²) < 4.78 is 5.24. The Hall–Kier alpha value is -0.313. The highest BCUT2D eigenvalue weighted by atomic mass is 28.2. The Morgan fingerprint density at radius 1 is 1.29 bits per heavy atom. The Morgan fingerprint density at radius 3 is 2.18 bits per heavy atom. The molecular weight excluding hydrogens is 228 g/mol. The Balaban J connectivity index is 2.96. The minimum absolute atomic E-state index is 0.0768. The van der Waals surface area contributed by atoms with Crippen LogP contribution in [0.4, 0.5) is 0 Å². The van der Waals surface area contributed by atoms with E-state index in [4.69, 9.17) is 4.43 Å². The lowest BCUT2D eigenvalue weighted by Crippen LogP contribution is -2.41. The molecule has 2 nitrogen and oxygen atoms in total. The number of carbonyl (C=O) groups is 1. The smallest absolute Gasteiger partial charge is 0.298 e. The average Bonchev–Trinajstić information content (AvgIpc) is 2.88. The molecule has 1 aliphatic carbocycles. The molecular formula is C14H28O2Si. The standard InChI is InChI=1S/C14H28O2Si/c1-4-12(11-9-7-8-10-11)14(5-2,6-3)13(15)16-17/h11-12H,4-10H2,1-3,17H3. The van der Waals surface area contributed by atoms with Crippen LogP contribution >= 0.6 is 0 Å². The summed E-state index contributed by atoms with van der Waals surface area (Å²) >= 11 is 0. The highest BCUT2D eigenvalue weighted by Gasteiger charge is 2.46. The molecule has 0 aromatic carbocycles. The predicted octanol–water partition coefficient (Wildman–Crippen LogP) is 2.83. The van der Waals surface area contributed by atoms with Crippen LogP contribution in [-0.2, 0) is 9.22 Å². The van der Waals surface area contributed by atoms with Crippen LogP contribution in [0.15, 0.2) is 0 Å². The first-order valence-corrected chi connectivity index (χ1v) is 8.06. The molecule has 100 valence electrons. The van der Waals surface area contributed by atoms with E-state index in [1.54, 1.807) is 0 Å². The maximum Gasteiger partial charge on any atom is 0.298 e. The van der Waals surface area contributed by atoms with Crippen molar-refractivity contribution in [2.24, 2.45) is 17.3 Å². The van der Waals surface area contributed by atoms with E-state index in [1.807, 2.05) is 0 Å². The number of hydrogen-bond acceptors (Lipinski definition) is 2. The first kappa shape index (κ1) is 14.7. The van der Waals surface area contributed by atoms with Gasteiger partial charge in [-0.25, -0.2) is 0 Å². The van der Waals surface area contributed by atoms with E-state index in [-0.39, 0.29) is 11.4 Å². The topological polar surface area (TPSA) is 26.3 Å². The molecule has 0 aromatic heterocycles. The van der Waals surface area contributed by atoms with Gasteiger partial charge in [-0.15, -0.1) is 0 Å². The average molecular weight is 256 g/mol. The van der Waals surface area contributed by atoms with E-state index < -0.39 is 0 Å². The van der Waals surface area contributed by atoms with Crippen LogP contribution in [0.1, 0.15) is 65.7 Å². The minimum Gasteiger partial charge on any atom is -0.528 e. The molecule has 17 heavy (non-hydrogen) atoms. The van der Waals surface area contributed by atoms with Gasteiger partial charge in [0.15, 0.2) is 0 Å². The molecule has 1 saturated carbocycles. The van der Waals surface area contributed by atoms with Crippen LogP contribution in [0.2, 0.25) is 0 Å². The first-order chi connectivity index (χ1) is 8.16. The van der Waals surface area contributed by atoms with Crippen molar-refractivity contribution < 1.29 is 9.22 Å². The molecule has 0 amide bonds. The van der Waals surface area contributed by atoms with Gasteiger partial charge in [-0.1, -0.05) is 52.9 Å². The van der Waals surface area contributed by atoms with Gasteiger partial charge < -0.3 is 4.43 Å². The summed E-state index contributed by atoms with van der Waals surface area (Å²) in [6.07, 6.45) is 8.30. The fraction of sp³-hybridized carbons (Fsp3) is 0.929. The highest BCUT2D eigenvalue weighted by Crippen LogP contribution is 2.47. The van der Waals surface area contributed by atoms with Crippen molar-refractivity contribution in [2.45, 2.75) is 65.7 Å². The van der Waals surface area contributed by atoms with Crippen LogP contribution < -0.4 is 0 Å². The van der Waals surface area contributed by atoms with Crippen LogP contribution in [-0.4, -0.2) is 16.5 Å². The van der Waals surface area contributed by atoms with Gasteiger partial charge >= 0.3 is 0 Å². The third-order valence-corrected chi connectivity index (χ3v) is 5.34. The summed E-state index contributed by atoms with van der Waals surface area (Å²) in [6.45, 7) is 6.54. The Kier molecular flexibility index (Phi) is 5.70. The quantitative estimate of drug-likeness (QED) is 0.683. The molecule has 3 heteroatoms. The van der Waals surface area contributed by atoms with Gasteiger partial charge in [0.2, 0.25) is 10.5 Å². The highest BCUT2D eigenvalue weighted by molar-refractivity contribution is 6.06. The second kappa shape index (κ2) is 6.57. The first-order valence-electron chi connectivity index (χ1n) is 7.24. The van der Waals surface area contributed by atoms with E-state index in [9.17, 15) is 4.79 Å². The summed E-state index contributed by atoms with van der Waals surface area (Å²) in [7, 11) is 0.526. The number of hydrogen-bond donors (Lipinski definition) is 0. The summed E-state index contributed by atoms with van der Waals surface area (Å²) in [6, 6.07) is 0. The Morgan fingerprint density at radius 2 is 1.82 bits per heavy atom. The third-order valence-electron chi connectivity index (χ3n) is 4.97. The molecule has 0 aliphatic heterocycles. The maximum absolute atomic E-state index is 12.3. The van der Waals surface area contributed by atoms with Crippen LogP contribution in [0.5, 0.6) is 0 Å². The summed E-state index contributed by atoms with van der Waals surface area (Å²) in [5, 5.41) is 0. The Labute approximate surface area is 109 Å². The largest absolute Gasteiger partial charge is 0.528 e. The van der Waals surface area contributed by atoms with E-state index >= 15 is 0 Å². The molecule has 0 saturated heterocycles. The molecule has 1 rings (SSSR count). The van der Waals surface area contributed by atoms with Crippen molar-refractivity contribution in [2.75, 3.05) is 0 Å². The van der Waals surface area contributed by atoms with Crippen LogP contribution in [0.3, 0.4) is 0 Å². The predicted molar refractivity (Wildman–Crippen MR) is 74.8 cm³/mol. The lowest BCUT2D eigenvalue weighted by Gasteiger charge is -2.40. The minimum atomic E-state index is -0.203. The Bertz CT molecular complexity index is 243. The van der Waals surface area contributed by atoms with Crippen molar-refractivity contribution >= 4 is 16.5 Å². The van der Waals surface area contributed by atoms with Crippen molar-refractivity contribution in [3.05, 3.63) is 0 Å². The lowest BCUT2D eigenvalue weighted by atomic mass is 9.64. The van der Waals surface area contributed by atoms with Gasteiger partial charge in [0, 0.05) is 0 Å². The maximum atomic E-state index is 12.3. The molecule has 1 atom stereocenters. The second-order valence-corrected chi connectivity index (χ2v) is 5.82. The van der Waals surface area contributed by atoms with Gasteiger partial charge in [-0.2, -0.15) is 0 Å². The third kappa shape index (κ3) is 2.75. The zero-order chi connectivity index (χ0) is 12.9. The molecule has 0 spiro atoms. The molecule has 1 unspecified atom stereocenters.